The van der Waals surface area contributed by atoms with Crippen LogP contribution in [0.15, 0.2) is 59.0 Å². The molecule has 0 bridgehead atoms. The Bertz CT molecular complexity index is 1220. The van der Waals surface area contributed by atoms with E-state index in [1.54, 1.807) is 0 Å². The Kier molecular flexibility index (Phi) is 2.75. The molecule has 0 saturated heterocycles. The molecule has 0 saturated carbocycles. The standard InChI is InChI=1S/C21H12O5/c22-11-6-13-17(15(24)8-11)20(25)14-7-12(23)9-16-18(14)19(13)21(26-16)10-4-2-1-3-5-10/h1-9,22-24H. The largest absolute Gasteiger partial charge is 0.508 e. The van der Waals surface area contributed by atoms with E-state index in [1.165, 1.54) is 18.2 Å². The third-order valence-corrected chi connectivity index (χ3v) is 4.66. The average Bonchev–Trinajstić information content (AvgIpc) is 2.99. The van der Waals surface area contributed by atoms with Crippen LogP contribution >= 0.6 is 0 Å². The third-order valence-electron chi connectivity index (χ3n) is 4.66. The second-order valence-corrected chi connectivity index (χ2v) is 6.26. The molecular weight excluding hydrogens is 332 g/mol. The minimum absolute atomic E-state index is 0.0841. The summed E-state index contributed by atoms with van der Waals surface area (Å²) in [6.07, 6.45) is 0. The second kappa shape index (κ2) is 4.89. The van der Waals surface area contributed by atoms with Crippen LogP contribution in [0.5, 0.6) is 17.2 Å². The number of ketones is 1. The van der Waals surface area contributed by atoms with E-state index in [1.807, 2.05) is 30.3 Å². The monoisotopic (exact) mass is 344 g/mol. The van der Waals surface area contributed by atoms with Gasteiger partial charge in [-0.05, 0) is 12.1 Å². The fourth-order valence-electron chi connectivity index (χ4n) is 3.63. The second-order valence-electron chi connectivity index (χ2n) is 6.26. The van der Waals surface area contributed by atoms with Crippen LogP contribution in [0.2, 0.25) is 0 Å². The van der Waals surface area contributed by atoms with Crippen LogP contribution in [0.4, 0.5) is 0 Å². The van der Waals surface area contributed by atoms with Crippen molar-refractivity contribution in [3.63, 3.8) is 0 Å². The highest BCUT2D eigenvalue weighted by Gasteiger charge is 2.33. The number of hydrogen-bond acceptors (Lipinski definition) is 5. The molecule has 126 valence electrons. The Balaban J connectivity index is 2.01. The van der Waals surface area contributed by atoms with E-state index >= 15 is 0 Å². The van der Waals surface area contributed by atoms with Crippen LogP contribution in [0.25, 0.3) is 33.4 Å². The lowest BCUT2D eigenvalue weighted by atomic mass is 9.83. The van der Waals surface area contributed by atoms with E-state index in [2.05, 4.69) is 0 Å². The zero-order valence-electron chi connectivity index (χ0n) is 13.4. The third kappa shape index (κ3) is 1.82. The number of benzene rings is 3. The molecule has 1 aliphatic carbocycles. The first-order chi connectivity index (χ1) is 12.5. The van der Waals surface area contributed by atoms with Gasteiger partial charge in [0.1, 0.15) is 28.6 Å². The summed E-state index contributed by atoms with van der Waals surface area (Å²) in [6.45, 7) is 0. The molecule has 0 radical (unpaired) electrons. The lowest BCUT2D eigenvalue weighted by molar-refractivity contribution is 0.103. The van der Waals surface area contributed by atoms with Crippen LogP contribution in [0.1, 0.15) is 15.9 Å². The molecule has 1 heterocycles. The average molecular weight is 344 g/mol. The minimum atomic E-state index is -0.425. The maximum atomic E-state index is 12.9. The van der Waals surface area contributed by atoms with Gasteiger partial charge in [0.15, 0.2) is 5.78 Å². The quantitative estimate of drug-likeness (QED) is 0.418. The number of phenols is 3. The molecule has 0 spiro atoms. The number of phenolic OH excluding ortho intramolecular Hbond substituents is 3. The van der Waals surface area contributed by atoms with Crippen molar-refractivity contribution in [2.24, 2.45) is 0 Å². The summed E-state index contributed by atoms with van der Waals surface area (Å²) in [5.41, 5.74) is 2.52. The van der Waals surface area contributed by atoms with Crippen LogP contribution in [0, 0.1) is 0 Å². The summed E-state index contributed by atoms with van der Waals surface area (Å²) in [7, 11) is 0. The fraction of sp³-hybridized carbons (Fsp3) is 0. The summed E-state index contributed by atoms with van der Waals surface area (Å²) in [5.74, 6) is -0.475. The number of carbonyl (C=O) groups is 1. The number of hydrogen-bond donors (Lipinski definition) is 3. The number of rotatable bonds is 1. The highest BCUT2D eigenvalue weighted by Crippen LogP contribution is 2.50. The first-order valence-electron chi connectivity index (χ1n) is 8.00. The molecule has 26 heavy (non-hydrogen) atoms. The molecule has 5 nitrogen and oxygen atoms in total. The first-order valence-corrected chi connectivity index (χ1v) is 8.00. The summed E-state index contributed by atoms with van der Waals surface area (Å²) in [4.78, 5) is 12.9. The zero-order chi connectivity index (χ0) is 18.0. The van der Waals surface area contributed by atoms with Crippen molar-refractivity contribution in [3.8, 4) is 39.7 Å². The van der Waals surface area contributed by atoms with Gasteiger partial charge >= 0.3 is 0 Å². The Morgan fingerprint density at radius 2 is 1.46 bits per heavy atom. The van der Waals surface area contributed by atoms with Crippen molar-refractivity contribution in [1.82, 2.24) is 0 Å². The Hall–Kier alpha value is -3.73. The lowest BCUT2D eigenvalue weighted by Gasteiger charge is -2.18. The molecule has 0 fully saturated rings. The highest BCUT2D eigenvalue weighted by molar-refractivity contribution is 6.28. The van der Waals surface area contributed by atoms with Crippen LogP contribution in [-0.2, 0) is 0 Å². The van der Waals surface area contributed by atoms with Gasteiger partial charge in [0.05, 0.1) is 5.56 Å². The number of aromatic hydroxyl groups is 3. The van der Waals surface area contributed by atoms with Crippen LogP contribution < -0.4 is 0 Å². The molecule has 5 rings (SSSR count). The predicted molar refractivity (Wildman–Crippen MR) is 95.5 cm³/mol. The molecule has 1 aromatic heterocycles. The topological polar surface area (TPSA) is 90.9 Å². The number of fused-ring (bicyclic) bond motifs is 2. The summed E-state index contributed by atoms with van der Waals surface area (Å²) in [5, 5.41) is 30.8. The van der Waals surface area contributed by atoms with E-state index in [4.69, 9.17) is 4.42 Å². The Morgan fingerprint density at radius 3 is 2.23 bits per heavy atom. The van der Waals surface area contributed by atoms with Crippen LogP contribution in [0.3, 0.4) is 0 Å². The maximum absolute atomic E-state index is 12.9. The molecule has 0 aliphatic heterocycles. The van der Waals surface area contributed by atoms with Crippen LogP contribution in [-0.4, -0.2) is 21.1 Å². The SMILES string of the molecule is O=C1c2c(O)cc(O)cc2-c2c(-c3ccccc3)oc3cc(O)cc1c23. The van der Waals surface area contributed by atoms with Crippen molar-refractivity contribution in [1.29, 1.82) is 0 Å². The smallest absolute Gasteiger partial charge is 0.198 e. The first kappa shape index (κ1) is 14.6. The van der Waals surface area contributed by atoms with Gasteiger partial charge < -0.3 is 19.7 Å². The summed E-state index contributed by atoms with van der Waals surface area (Å²) < 4.78 is 5.99. The Morgan fingerprint density at radius 1 is 0.769 bits per heavy atom. The van der Waals surface area contributed by atoms with Gasteiger partial charge in [0, 0.05) is 39.8 Å². The molecule has 5 heteroatoms. The fourth-order valence-corrected chi connectivity index (χ4v) is 3.63. The normalized spacial score (nSPS) is 12.4. The molecule has 1 aliphatic rings. The molecule has 0 atom stereocenters. The van der Waals surface area contributed by atoms with Crippen molar-refractivity contribution in [2.75, 3.05) is 0 Å². The number of carbonyl (C=O) groups excluding carboxylic acids is 1. The maximum Gasteiger partial charge on any atom is 0.198 e. The summed E-state index contributed by atoms with van der Waals surface area (Å²) >= 11 is 0. The van der Waals surface area contributed by atoms with Crippen molar-refractivity contribution in [2.45, 2.75) is 0 Å². The van der Waals surface area contributed by atoms with Gasteiger partial charge in [0.2, 0.25) is 0 Å². The molecular formula is C21H12O5. The van der Waals surface area contributed by atoms with Gasteiger partial charge in [-0.2, -0.15) is 0 Å². The van der Waals surface area contributed by atoms with E-state index in [0.717, 1.165) is 11.6 Å². The van der Waals surface area contributed by atoms with E-state index in [9.17, 15) is 20.1 Å². The minimum Gasteiger partial charge on any atom is -0.508 e. The van der Waals surface area contributed by atoms with Gasteiger partial charge in [-0.15, -0.1) is 0 Å². The van der Waals surface area contributed by atoms with Crippen molar-refractivity contribution < 1.29 is 24.5 Å². The van der Waals surface area contributed by atoms with Gasteiger partial charge in [-0.1, -0.05) is 30.3 Å². The Labute approximate surface area is 147 Å². The van der Waals surface area contributed by atoms with E-state index < -0.39 is 5.78 Å². The van der Waals surface area contributed by atoms with E-state index in [-0.39, 0.29) is 28.4 Å². The highest BCUT2D eigenvalue weighted by atomic mass is 16.3. The lowest BCUT2D eigenvalue weighted by Crippen LogP contribution is -2.09. The predicted octanol–water partition coefficient (Wildman–Crippen LogP) is 4.43. The van der Waals surface area contributed by atoms with Crippen molar-refractivity contribution >= 4 is 16.8 Å². The zero-order valence-corrected chi connectivity index (χ0v) is 13.4. The molecule has 3 aromatic carbocycles. The molecule has 0 unspecified atom stereocenters. The van der Waals surface area contributed by atoms with Gasteiger partial charge in [0.25, 0.3) is 0 Å². The molecule has 0 amide bonds. The van der Waals surface area contributed by atoms with E-state index in [0.29, 0.717) is 27.9 Å². The van der Waals surface area contributed by atoms with Gasteiger partial charge in [-0.3, -0.25) is 4.79 Å². The summed E-state index contributed by atoms with van der Waals surface area (Å²) in [6, 6.07) is 14.7. The number of furan rings is 1. The van der Waals surface area contributed by atoms with Crippen molar-refractivity contribution in [3.05, 3.63) is 65.7 Å². The van der Waals surface area contributed by atoms with Gasteiger partial charge in [-0.25, -0.2) is 0 Å². The molecule has 3 N–H and O–H groups in total. The molecule has 4 aromatic rings.